The topological polar surface area (TPSA) is 19.4 Å². The van der Waals surface area contributed by atoms with Crippen LogP contribution in [0.25, 0.3) is 0 Å². The Balaban J connectivity index is 1.47. The van der Waals surface area contributed by atoms with Gasteiger partial charge in [-0.1, -0.05) is 18.2 Å². The second-order valence-electron chi connectivity index (χ2n) is 7.80. The van der Waals surface area contributed by atoms with E-state index in [0.717, 1.165) is 55.8 Å². The second-order valence-corrected chi connectivity index (χ2v) is 9.12. The highest BCUT2D eigenvalue weighted by Crippen LogP contribution is 2.29. The Morgan fingerprint density at radius 2 is 2.14 bits per heavy atom. The number of hydrogen-bond donors (Lipinski definition) is 0. The second kappa shape index (κ2) is 9.37. The Kier molecular flexibility index (Phi) is 7.12. The number of alkyl halides is 3. The average Bonchev–Trinajstić information content (AvgIpc) is 3.04. The average molecular weight is 412 g/mol. The van der Waals surface area contributed by atoms with Gasteiger partial charge >= 0.3 is 6.18 Å². The van der Waals surface area contributed by atoms with E-state index in [1.54, 1.807) is 17.4 Å². The van der Waals surface area contributed by atoms with Crippen molar-refractivity contribution in [3.63, 3.8) is 0 Å². The SMILES string of the molecule is Cc1ncc(CN(C)C[C@@H]2CCCN(CCc3cccc(C(F)(F)F)c3)C2)s1. The number of hydrogen-bond acceptors (Lipinski definition) is 4. The van der Waals surface area contributed by atoms with Crippen LogP contribution < -0.4 is 0 Å². The number of nitrogens with zero attached hydrogens (tertiary/aromatic N) is 3. The first-order valence-electron chi connectivity index (χ1n) is 9.78. The highest BCUT2D eigenvalue weighted by Gasteiger charge is 2.30. The van der Waals surface area contributed by atoms with Crippen LogP contribution in [-0.2, 0) is 19.1 Å². The predicted molar refractivity (Wildman–Crippen MR) is 107 cm³/mol. The van der Waals surface area contributed by atoms with Crippen LogP contribution in [0.3, 0.4) is 0 Å². The third-order valence-electron chi connectivity index (χ3n) is 5.24. The van der Waals surface area contributed by atoms with E-state index < -0.39 is 11.7 Å². The number of benzene rings is 1. The first-order valence-corrected chi connectivity index (χ1v) is 10.6. The molecule has 0 N–H and O–H groups in total. The molecule has 2 aromatic rings. The van der Waals surface area contributed by atoms with E-state index in [0.29, 0.717) is 12.3 Å². The van der Waals surface area contributed by atoms with E-state index in [2.05, 4.69) is 21.8 Å². The molecule has 3 rings (SSSR count). The van der Waals surface area contributed by atoms with Gasteiger partial charge in [-0.2, -0.15) is 13.2 Å². The summed E-state index contributed by atoms with van der Waals surface area (Å²) in [7, 11) is 2.15. The minimum Gasteiger partial charge on any atom is -0.303 e. The van der Waals surface area contributed by atoms with Crippen molar-refractivity contribution in [3.05, 3.63) is 51.5 Å². The highest BCUT2D eigenvalue weighted by molar-refractivity contribution is 7.11. The maximum absolute atomic E-state index is 12.9. The zero-order valence-electron chi connectivity index (χ0n) is 16.5. The molecule has 0 aliphatic carbocycles. The van der Waals surface area contributed by atoms with Gasteiger partial charge < -0.3 is 9.80 Å². The molecule has 1 aliphatic rings. The van der Waals surface area contributed by atoms with Gasteiger partial charge in [0.1, 0.15) is 0 Å². The van der Waals surface area contributed by atoms with Crippen molar-refractivity contribution in [2.24, 2.45) is 5.92 Å². The summed E-state index contributed by atoms with van der Waals surface area (Å²) in [4.78, 5) is 10.4. The van der Waals surface area contributed by atoms with Gasteiger partial charge in [-0.25, -0.2) is 4.98 Å². The summed E-state index contributed by atoms with van der Waals surface area (Å²) in [6, 6.07) is 5.72. The minimum absolute atomic E-state index is 0.554. The lowest BCUT2D eigenvalue weighted by atomic mass is 9.97. The van der Waals surface area contributed by atoms with Gasteiger partial charge in [0.25, 0.3) is 0 Å². The van der Waals surface area contributed by atoms with Crippen molar-refractivity contribution in [1.29, 1.82) is 0 Å². The molecule has 2 heterocycles. The summed E-state index contributed by atoms with van der Waals surface area (Å²) >= 11 is 1.74. The van der Waals surface area contributed by atoms with Crippen LogP contribution in [-0.4, -0.2) is 48.0 Å². The van der Waals surface area contributed by atoms with Crippen molar-refractivity contribution in [2.75, 3.05) is 33.2 Å². The number of aromatic nitrogens is 1. The first kappa shape index (κ1) is 21.3. The molecule has 1 fully saturated rings. The Morgan fingerprint density at radius 1 is 1.32 bits per heavy atom. The van der Waals surface area contributed by atoms with Gasteiger partial charge in [-0.15, -0.1) is 11.3 Å². The normalized spacial score (nSPS) is 18.7. The van der Waals surface area contributed by atoms with Crippen LogP contribution in [0.15, 0.2) is 30.5 Å². The summed E-state index contributed by atoms with van der Waals surface area (Å²) in [6.07, 6.45) is 0.714. The van der Waals surface area contributed by atoms with E-state index in [-0.39, 0.29) is 0 Å². The van der Waals surface area contributed by atoms with Crippen molar-refractivity contribution < 1.29 is 13.2 Å². The van der Waals surface area contributed by atoms with E-state index in [1.807, 2.05) is 13.1 Å². The Bertz CT molecular complexity index is 759. The largest absolute Gasteiger partial charge is 0.416 e. The van der Waals surface area contributed by atoms with E-state index in [9.17, 15) is 13.2 Å². The maximum atomic E-state index is 12.9. The molecule has 1 atom stereocenters. The molecular weight excluding hydrogens is 383 g/mol. The number of rotatable bonds is 7. The minimum atomic E-state index is -4.27. The molecule has 7 heteroatoms. The zero-order chi connectivity index (χ0) is 20.1. The molecule has 28 heavy (non-hydrogen) atoms. The summed E-state index contributed by atoms with van der Waals surface area (Å²) in [5.41, 5.74) is 0.205. The third-order valence-corrected chi connectivity index (χ3v) is 6.14. The molecule has 1 aromatic carbocycles. The molecule has 0 saturated carbocycles. The molecule has 1 aliphatic heterocycles. The van der Waals surface area contributed by atoms with Crippen LogP contribution in [0.2, 0.25) is 0 Å². The van der Waals surface area contributed by atoms with Gasteiger partial charge in [-0.05, 0) is 57.3 Å². The summed E-state index contributed by atoms with van der Waals surface area (Å²) < 4.78 is 38.6. The lowest BCUT2D eigenvalue weighted by Crippen LogP contribution is -2.40. The molecule has 0 radical (unpaired) electrons. The molecule has 3 nitrogen and oxygen atoms in total. The third kappa shape index (κ3) is 6.29. The molecule has 1 saturated heterocycles. The van der Waals surface area contributed by atoms with Gasteiger partial charge in [0.2, 0.25) is 0 Å². The standard InChI is InChI=1S/C21H28F3N3S/c1-16-25-12-20(28-16)15-26(2)13-18-6-4-9-27(14-18)10-8-17-5-3-7-19(11-17)21(22,23)24/h3,5,7,11-12,18H,4,6,8-10,13-15H2,1-2H3/t18-/m0/s1. The Labute approximate surface area is 169 Å². The van der Waals surface area contributed by atoms with Crippen LogP contribution in [0.4, 0.5) is 13.2 Å². The molecule has 0 bridgehead atoms. The highest BCUT2D eigenvalue weighted by atomic mass is 32.1. The number of thiazole rings is 1. The zero-order valence-corrected chi connectivity index (χ0v) is 17.3. The summed E-state index contributed by atoms with van der Waals surface area (Å²) in [5, 5.41) is 1.10. The molecule has 0 spiro atoms. The smallest absolute Gasteiger partial charge is 0.303 e. The van der Waals surface area contributed by atoms with Crippen LogP contribution in [0.1, 0.15) is 33.9 Å². The molecule has 154 valence electrons. The maximum Gasteiger partial charge on any atom is 0.416 e. The van der Waals surface area contributed by atoms with Gasteiger partial charge in [0.15, 0.2) is 0 Å². The van der Waals surface area contributed by atoms with Crippen molar-refractivity contribution in [1.82, 2.24) is 14.8 Å². The van der Waals surface area contributed by atoms with Gasteiger partial charge in [0.05, 0.1) is 10.6 Å². The summed E-state index contributed by atoms with van der Waals surface area (Å²) in [5.74, 6) is 0.606. The molecule has 0 amide bonds. The molecular formula is C21H28F3N3S. The quantitative estimate of drug-likeness (QED) is 0.649. The van der Waals surface area contributed by atoms with Crippen molar-refractivity contribution in [3.8, 4) is 0 Å². The Morgan fingerprint density at radius 3 is 2.86 bits per heavy atom. The lowest BCUT2D eigenvalue weighted by molar-refractivity contribution is -0.137. The fourth-order valence-corrected chi connectivity index (χ4v) is 4.82. The van der Waals surface area contributed by atoms with Crippen LogP contribution in [0.5, 0.6) is 0 Å². The van der Waals surface area contributed by atoms with Crippen molar-refractivity contribution >= 4 is 11.3 Å². The van der Waals surface area contributed by atoms with E-state index in [1.165, 1.54) is 23.4 Å². The van der Waals surface area contributed by atoms with E-state index >= 15 is 0 Å². The Hall–Kier alpha value is -1.44. The fourth-order valence-electron chi connectivity index (χ4n) is 3.94. The van der Waals surface area contributed by atoms with E-state index in [4.69, 9.17) is 0 Å². The van der Waals surface area contributed by atoms with Crippen LogP contribution >= 0.6 is 11.3 Å². The number of piperidine rings is 1. The van der Waals surface area contributed by atoms with Crippen molar-refractivity contribution in [2.45, 2.75) is 38.9 Å². The van der Waals surface area contributed by atoms with Crippen LogP contribution in [0, 0.1) is 12.8 Å². The number of halogens is 3. The van der Waals surface area contributed by atoms with Gasteiger partial charge in [0, 0.05) is 37.3 Å². The number of aryl methyl sites for hydroxylation is 1. The summed E-state index contributed by atoms with van der Waals surface area (Å²) in [6.45, 7) is 6.86. The predicted octanol–water partition coefficient (Wildman–Crippen LogP) is 4.86. The first-order chi connectivity index (χ1) is 13.3. The number of likely N-dealkylation sites (tertiary alicyclic amines) is 1. The monoisotopic (exact) mass is 411 g/mol. The molecule has 1 aromatic heterocycles. The lowest BCUT2D eigenvalue weighted by Gasteiger charge is -2.34. The molecule has 0 unspecified atom stereocenters. The fraction of sp³-hybridized carbons (Fsp3) is 0.571. The van der Waals surface area contributed by atoms with Gasteiger partial charge in [-0.3, -0.25) is 0 Å².